The third-order valence-corrected chi connectivity index (χ3v) is 5.83. The Morgan fingerprint density at radius 2 is 1.85 bits per heavy atom. The molecule has 27 heavy (non-hydrogen) atoms. The van der Waals surface area contributed by atoms with Gasteiger partial charge in [0.25, 0.3) is 0 Å². The highest BCUT2D eigenvalue weighted by Gasteiger charge is 2.19. The first-order valence-corrected chi connectivity index (χ1v) is 10.4. The van der Waals surface area contributed by atoms with E-state index >= 15 is 0 Å². The number of ketones is 1. The van der Waals surface area contributed by atoms with E-state index in [1.807, 2.05) is 11.3 Å². The van der Waals surface area contributed by atoms with Gasteiger partial charge < -0.3 is 14.7 Å². The van der Waals surface area contributed by atoms with E-state index in [9.17, 15) is 9.90 Å². The van der Waals surface area contributed by atoms with Crippen LogP contribution in [0, 0.1) is 0 Å². The van der Waals surface area contributed by atoms with Crippen molar-refractivity contribution in [1.82, 2.24) is 9.80 Å². The van der Waals surface area contributed by atoms with Gasteiger partial charge in [0, 0.05) is 49.7 Å². The van der Waals surface area contributed by atoms with Crippen molar-refractivity contribution in [2.24, 2.45) is 0 Å². The van der Waals surface area contributed by atoms with Crippen molar-refractivity contribution in [2.45, 2.75) is 19.4 Å². The Balaban J connectivity index is 1.33. The molecular formula is C21H28N2O3S. The zero-order chi connectivity index (χ0) is 19.1. The fourth-order valence-corrected chi connectivity index (χ4v) is 3.95. The maximum absolute atomic E-state index is 11.3. The number of aliphatic hydroxyl groups is 1. The molecule has 2 aromatic rings. The van der Waals surface area contributed by atoms with Gasteiger partial charge in [-0.05, 0) is 49.1 Å². The van der Waals surface area contributed by atoms with E-state index in [2.05, 4.69) is 27.3 Å². The number of Topliss-reactive ketones (excluding diaryl/α,β-unsaturated/α-hetero) is 1. The van der Waals surface area contributed by atoms with Gasteiger partial charge in [-0.1, -0.05) is 6.07 Å². The first-order chi connectivity index (χ1) is 13.1. The summed E-state index contributed by atoms with van der Waals surface area (Å²) in [7, 11) is 0. The molecule has 1 aliphatic rings. The first kappa shape index (κ1) is 20.0. The Bertz CT molecular complexity index is 695. The van der Waals surface area contributed by atoms with Crippen molar-refractivity contribution in [3.8, 4) is 5.75 Å². The molecule has 5 nitrogen and oxygen atoms in total. The summed E-state index contributed by atoms with van der Waals surface area (Å²) >= 11 is 1.83. The van der Waals surface area contributed by atoms with Gasteiger partial charge in [0.05, 0.1) is 0 Å². The molecule has 0 aliphatic carbocycles. The first-order valence-electron chi connectivity index (χ1n) is 9.49. The smallest absolute Gasteiger partial charge is 0.159 e. The Morgan fingerprint density at radius 1 is 1.15 bits per heavy atom. The molecule has 3 rings (SSSR count). The number of aliphatic hydroxyl groups excluding tert-OH is 1. The van der Waals surface area contributed by atoms with E-state index in [1.54, 1.807) is 31.2 Å². The summed E-state index contributed by atoms with van der Waals surface area (Å²) in [5.41, 5.74) is 0.667. The van der Waals surface area contributed by atoms with Crippen molar-refractivity contribution >= 4 is 17.1 Å². The number of ether oxygens (including phenoxy) is 1. The molecule has 2 heterocycles. The van der Waals surface area contributed by atoms with Crippen LogP contribution in [-0.4, -0.2) is 72.7 Å². The Morgan fingerprint density at radius 3 is 2.48 bits per heavy atom. The van der Waals surface area contributed by atoms with Crippen LogP contribution in [0.25, 0.3) is 0 Å². The van der Waals surface area contributed by atoms with Crippen LogP contribution >= 0.6 is 11.3 Å². The molecule has 1 aromatic heterocycles. The van der Waals surface area contributed by atoms with Gasteiger partial charge in [-0.25, -0.2) is 0 Å². The molecule has 146 valence electrons. The van der Waals surface area contributed by atoms with Crippen molar-refractivity contribution in [2.75, 3.05) is 45.9 Å². The zero-order valence-corrected chi connectivity index (χ0v) is 16.7. The van der Waals surface area contributed by atoms with Crippen molar-refractivity contribution < 1.29 is 14.6 Å². The van der Waals surface area contributed by atoms with Crippen LogP contribution in [0.1, 0.15) is 22.2 Å². The highest BCUT2D eigenvalue weighted by Crippen LogP contribution is 2.14. The average molecular weight is 389 g/mol. The molecule has 0 bridgehead atoms. The molecule has 0 radical (unpaired) electrons. The molecule has 1 unspecified atom stereocenters. The van der Waals surface area contributed by atoms with E-state index in [0.717, 1.165) is 39.1 Å². The van der Waals surface area contributed by atoms with Crippen LogP contribution < -0.4 is 4.74 Å². The number of carbonyl (C=O) groups excluding carboxylic acids is 1. The molecule has 1 saturated heterocycles. The van der Waals surface area contributed by atoms with Gasteiger partial charge in [0.2, 0.25) is 0 Å². The minimum atomic E-state index is -0.518. The molecule has 1 atom stereocenters. The number of benzene rings is 1. The second kappa shape index (κ2) is 9.99. The Labute approximate surface area is 165 Å². The fraction of sp³-hybridized carbons (Fsp3) is 0.476. The van der Waals surface area contributed by atoms with E-state index in [1.165, 1.54) is 4.88 Å². The summed E-state index contributed by atoms with van der Waals surface area (Å²) in [6.45, 7) is 7.60. The van der Waals surface area contributed by atoms with Crippen LogP contribution in [0.15, 0.2) is 41.8 Å². The van der Waals surface area contributed by atoms with Gasteiger partial charge >= 0.3 is 0 Å². The van der Waals surface area contributed by atoms with Crippen molar-refractivity contribution in [1.29, 1.82) is 0 Å². The molecule has 0 saturated carbocycles. The molecular weight excluding hydrogens is 360 g/mol. The van der Waals surface area contributed by atoms with E-state index in [0.29, 0.717) is 17.9 Å². The lowest BCUT2D eigenvalue weighted by Gasteiger charge is -2.35. The summed E-state index contributed by atoms with van der Waals surface area (Å²) < 4.78 is 5.65. The lowest BCUT2D eigenvalue weighted by molar-refractivity contribution is 0.0463. The topological polar surface area (TPSA) is 53.0 Å². The van der Waals surface area contributed by atoms with Gasteiger partial charge in [-0.3, -0.25) is 9.69 Å². The number of rotatable bonds is 9. The predicted octanol–water partition coefficient (Wildman–Crippen LogP) is 2.55. The summed E-state index contributed by atoms with van der Waals surface area (Å²) in [5, 5.41) is 12.4. The van der Waals surface area contributed by atoms with E-state index < -0.39 is 6.10 Å². The van der Waals surface area contributed by atoms with Gasteiger partial charge in [0.15, 0.2) is 5.78 Å². The Kier molecular flexibility index (Phi) is 7.41. The maximum Gasteiger partial charge on any atom is 0.159 e. The summed E-state index contributed by atoms with van der Waals surface area (Å²) in [6.07, 6.45) is 0.603. The van der Waals surface area contributed by atoms with Gasteiger partial charge in [-0.2, -0.15) is 0 Å². The normalized spacial score (nSPS) is 17.0. The zero-order valence-electron chi connectivity index (χ0n) is 15.8. The van der Waals surface area contributed by atoms with E-state index in [-0.39, 0.29) is 12.4 Å². The second-order valence-electron chi connectivity index (χ2n) is 7.02. The largest absolute Gasteiger partial charge is 0.491 e. The number of thiophene rings is 1. The van der Waals surface area contributed by atoms with Gasteiger partial charge in [-0.15, -0.1) is 11.3 Å². The van der Waals surface area contributed by atoms with Crippen LogP contribution in [0.5, 0.6) is 5.75 Å². The summed E-state index contributed by atoms with van der Waals surface area (Å²) in [6, 6.07) is 11.4. The maximum atomic E-state index is 11.3. The average Bonchev–Trinajstić information content (AvgIpc) is 3.20. The van der Waals surface area contributed by atoms with Crippen LogP contribution in [0.4, 0.5) is 0 Å². The third kappa shape index (κ3) is 6.43. The minimum Gasteiger partial charge on any atom is -0.491 e. The number of hydrogen-bond donors (Lipinski definition) is 1. The highest BCUT2D eigenvalue weighted by atomic mass is 32.1. The lowest BCUT2D eigenvalue weighted by atomic mass is 10.1. The molecule has 1 N–H and O–H groups in total. The molecule has 1 aliphatic heterocycles. The van der Waals surface area contributed by atoms with Gasteiger partial charge in [0.1, 0.15) is 18.5 Å². The Hall–Kier alpha value is -1.73. The monoisotopic (exact) mass is 388 g/mol. The van der Waals surface area contributed by atoms with E-state index in [4.69, 9.17) is 4.74 Å². The number of piperazine rings is 1. The third-order valence-electron chi connectivity index (χ3n) is 4.89. The second-order valence-corrected chi connectivity index (χ2v) is 8.05. The summed E-state index contributed by atoms with van der Waals surface area (Å²) in [4.78, 5) is 17.5. The molecule has 1 aromatic carbocycles. The van der Waals surface area contributed by atoms with Crippen LogP contribution in [0.3, 0.4) is 0 Å². The lowest BCUT2D eigenvalue weighted by Crippen LogP contribution is -2.49. The fourth-order valence-electron chi connectivity index (χ4n) is 3.25. The quantitative estimate of drug-likeness (QED) is 0.669. The SMILES string of the molecule is CC(=O)c1ccc(OCC(O)CN2CCN(CCc3cccs3)CC2)cc1. The number of hydrogen-bond acceptors (Lipinski definition) is 6. The number of β-amino-alcohol motifs (C(OH)–C–C–N with tert-alkyl or cyclic N) is 1. The molecule has 1 fully saturated rings. The number of carbonyl (C=O) groups is 1. The number of nitrogens with zero attached hydrogens (tertiary/aromatic N) is 2. The summed E-state index contributed by atoms with van der Waals surface area (Å²) in [5.74, 6) is 0.716. The predicted molar refractivity (Wildman–Crippen MR) is 109 cm³/mol. The minimum absolute atomic E-state index is 0.0381. The van der Waals surface area contributed by atoms with Crippen LogP contribution in [-0.2, 0) is 6.42 Å². The van der Waals surface area contributed by atoms with Crippen LogP contribution in [0.2, 0.25) is 0 Å². The van der Waals surface area contributed by atoms with Crippen molar-refractivity contribution in [3.05, 3.63) is 52.2 Å². The standard InChI is InChI=1S/C21H28N2O3S/c1-17(24)18-4-6-20(7-5-18)26-16-19(25)15-23-12-10-22(11-13-23)9-8-21-3-2-14-27-21/h2-7,14,19,25H,8-13,15-16H2,1H3. The highest BCUT2D eigenvalue weighted by molar-refractivity contribution is 7.09. The molecule has 0 spiro atoms. The molecule has 6 heteroatoms. The van der Waals surface area contributed by atoms with Crippen molar-refractivity contribution in [3.63, 3.8) is 0 Å². The molecule has 0 amide bonds.